The fraction of sp³-hybridized carbons (Fsp3) is 0.607. The van der Waals surface area contributed by atoms with E-state index in [1.165, 1.54) is 30.2 Å². The number of fused-ring (bicyclic) bond motifs is 3. The fourth-order valence-electron chi connectivity index (χ4n) is 7.56. The highest BCUT2D eigenvalue weighted by molar-refractivity contribution is 6.32. The average molecular weight is 511 g/mol. The van der Waals surface area contributed by atoms with Crippen molar-refractivity contribution in [1.29, 1.82) is 0 Å². The minimum atomic E-state index is -2.69. The first kappa shape index (κ1) is 25.7. The maximum atomic E-state index is 13.8. The summed E-state index contributed by atoms with van der Waals surface area (Å²) in [5.74, 6) is -9.53. The molecule has 0 radical (unpaired) electrons. The van der Waals surface area contributed by atoms with Crippen molar-refractivity contribution in [2.24, 2.45) is 35.3 Å². The van der Waals surface area contributed by atoms with Gasteiger partial charge in [0.05, 0.1) is 17.5 Å². The first-order valence-electron chi connectivity index (χ1n) is 13.2. The number of rotatable bonds is 4. The summed E-state index contributed by atoms with van der Waals surface area (Å²) in [5.41, 5.74) is 4.45. The summed E-state index contributed by atoms with van der Waals surface area (Å²) in [6.07, 6.45) is 6.96. The second kappa shape index (κ2) is 9.13. The molecular weight excluding hydrogens is 476 g/mol. The van der Waals surface area contributed by atoms with E-state index in [2.05, 4.69) is 0 Å². The second-order valence-corrected chi connectivity index (χ2v) is 11.6. The van der Waals surface area contributed by atoms with E-state index in [-0.39, 0.29) is 17.7 Å². The van der Waals surface area contributed by atoms with Gasteiger partial charge in [0.25, 0.3) is 0 Å². The number of hydrogen-bond acceptors (Lipinski definition) is 8. The molecule has 3 fully saturated rings. The molecule has 0 saturated heterocycles. The van der Waals surface area contributed by atoms with Crippen LogP contribution in [0, 0.1) is 29.6 Å². The Labute approximate surface area is 215 Å². The zero-order valence-corrected chi connectivity index (χ0v) is 21.2. The molecule has 0 heterocycles. The number of ketones is 4. The zero-order chi connectivity index (χ0) is 26.8. The lowest BCUT2D eigenvalue weighted by molar-refractivity contribution is -0.181. The smallest absolute Gasteiger partial charge is 0.235 e. The first-order valence-corrected chi connectivity index (χ1v) is 13.2. The number of hydrogen-bond donors (Lipinski definition) is 3. The summed E-state index contributed by atoms with van der Waals surface area (Å²) in [6, 6.07) is 2.24. The number of phenolic OH excluding ortho intramolecular Hbond substituents is 1. The van der Waals surface area contributed by atoms with E-state index in [1.807, 2.05) is 6.07 Å². The number of phenols is 1. The van der Waals surface area contributed by atoms with E-state index in [9.17, 15) is 34.2 Å². The van der Waals surface area contributed by atoms with Gasteiger partial charge in [0.1, 0.15) is 5.75 Å². The molecule has 5 rings (SSSR count). The molecule has 0 aromatic heterocycles. The molecule has 3 saturated carbocycles. The van der Waals surface area contributed by atoms with Gasteiger partial charge in [0.2, 0.25) is 5.91 Å². The molecule has 0 aliphatic heterocycles. The van der Waals surface area contributed by atoms with Gasteiger partial charge in [-0.2, -0.15) is 0 Å². The molecule has 1 amide bonds. The highest BCUT2D eigenvalue weighted by Gasteiger charge is 2.69. The van der Waals surface area contributed by atoms with Crippen molar-refractivity contribution in [2.45, 2.75) is 63.0 Å². The number of aromatic hydroxyl groups is 1. The van der Waals surface area contributed by atoms with Crippen LogP contribution in [0.5, 0.6) is 5.75 Å². The molecule has 1 aromatic carbocycles. The summed E-state index contributed by atoms with van der Waals surface area (Å²) in [6.45, 7) is 0. The van der Waals surface area contributed by atoms with Gasteiger partial charge in [-0.15, -0.1) is 0 Å². The lowest BCUT2D eigenvalue weighted by Crippen LogP contribution is -2.74. The maximum absolute atomic E-state index is 13.8. The van der Waals surface area contributed by atoms with Crippen LogP contribution in [0.2, 0.25) is 0 Å². The van der Waals surface area contributed by atoms with Crippen molar-refractivity contribution in [3.05, 3.63) is 28.8 Å². The summed E-state index contributed by atoms with van der Waals surface area (Å²) < 4.78 is 0. The monoisotopic (exact) mass is 510 g/mol. The lowest BCUT2D eigenvalue weighted by atomic mass is 9.52. The van der Waals surface area contributed by atoms with Gasteiger partial charge in [-0.05, 0) is 62.4 Å². The third-order valence-electron chi connectivity index (χ3n) is 9.28. The van der Waals surface area contributed by atoms with Gasteiger partial charge >= 0.3 is 0 Å². The minimum Gasteiger partial charge on any atom is -0.507 e. The molecule has 2 unspecified atom stereocenters. The summed E-state index contributed by atoms with van der Waals surface area (Å²) in [5, 5.41) is 22.3. The number of carbonyl (C=O) groups is 5. The Bertz CT molecular complexity index is 1200. The van der Waals surface area contributed by atoms with Crippen LogP contribution in [-0.2, 0) is 32.0 Å². The van der Waals surface area contributed by atoms with Gasteiger partial charge in [-0.3, -0.25) is 28.9 Å². The van der Waals surface area contributed by atoms with Crippen molar-refractivity contribution < 1.29 is 34.2 Å². The normalized spacial score (nSPS) is 34.2. The Morgan fingerprint density at radius 3 is 2.38 bits per heavy atom. The molecule has 0 spiro atoms. The van der Waals surface area contributed by atoms with Gasteiger partial charge in [0, 0.05) is 5.92 Å². The van der Waals surface area contributed by atoms with E-state index in [4.69, 9.17) is 5.73 Å². The van der Waals surface area contributed by atoms with Crippen molar-refractivity contribution in [1.82, 2.24) is 4.90 Å². The molecule has 37 heavy (non-hydrogen) atoms. The van der Waals surface area contributed by atoms with Crippen molar-refractivity contribution in [3.8, 4) is 5.75 Å². The molecule has 1 aromatic rings. The number of amides is 1. The molecular formula is C28H34N2O7. The van der Waals surface area contributed by atoms with Crippen LogP contribution in [0.25, 0.3) is 0 Å². The molecule has 9 nitrogen and oxygen atoms in total. The third kappa shape index (κ3) is 3.77. The second-order valence-electron chi connectivity index (χ2n) is 11.6. The number of nitrogens with two attached hydrogens (primary N) is 1. The van der Waals surface area contributed by atoms with Crippen molar-refractivity contribution >= 4 is 29.0 Å². The zero-order valence-electron chi connectivity index (χ0n) is 21.2. The first-order chi connectivity index (χ1) is 17.5. The molecule has 9 heteroatoms. The van der Waals surface area contributed by atoms with E-state index >= 15 is 0 Å². The lowest BCUT2D eigenvalue weighted by Gasteiger charge is -2.52. The number of Topliss-reactive ketones (excluding diaryl/α,β-unsaturated/α-hetero) is 4. The van der Waals surface area contributed by atoms with Gasteiger partial charge < -0.3 is 15.9 Å². The average Bonchev–Trinajstić information content (AvgIpc) is 2.83. The Morgan fingerprint density at radius 1 is 1.08 bits per heavy atom. The summed E-state index contributed by atoms with van der Waals surface area (Å²) in [7, 11) is 3.16. The predicted octanol–water partition coefficient (Wildman–Crippen LogP) is 0.990. The number of likely N-dealkylation sites (N-methyl/N-ethyl adjacent to an activating group) is 1. The van der Waals surface area contributed by atoms with Gasteiger partial charge in [0.15, 0.2) is 34.7 Å². The molecule has 4 N–H and O–H groups in total. The van der Waals surface area contributed by atoms with Crippen LogP contribution in [0.1, 0.15) is 60.0 Å². The standard InChI is InChI=1S/C28H34N2O7/c1-30(2)22-17-12-15-11-16-14(10-13-6-4-3-5-7-13)8-9-18(31)20(16)23(32)19(15)25(34)28(17,37)26(35)21(24(22)33)27(29)36/h8-9,13,15,17,19,21-22,31,37H,3-7,10-12H2,1-2H3,(H2,29,36)/t15-,17-,19?,21?,22-,28-/m0/s1. The van der Waals surface area contributed by atoms with Crippen LogP contribution >= 0.6 is 0 Å². The van der Waals surface area contributed by atoms with E-state index < -0.39 is 64.4 Å². The largest absolute Gasteiger partial charge is 0.507 e. The van der Waals surface area contributed by atoms with Crippen molar-refractivity contribution in [3.63, 3.8) is 0 Å². The van der Waals surface area contributed by atoms with Gasteiger partial charge in [-0.1, -0.05) is 38.2 Å². The summed E-state index contributed by atoms with van der Waals surface area (Å²) >= 11 is 0. The van der Waals surface area contributed by atoms with Crippen molar-refractivity contribution in [2.75, 3.05) is 14.1 Å². The number of aliphatic hydroxyl groups is 1. The Hall–Kier alpha value is -2.91. The van der Waals surface area contributed by atoms with E-state index in [0.717, 1.165) is 30.4 Å². The molecule has 4 aliphatic rings. The summed E-state index contributed by atoms with van der Waals surface area (Å²) in [4.78, 5) is 67.7. The predicted molar refractivity (Wildman–Crippen MR) is 132 cm³/mol. The molecule has 198 valence electrons. The number of primary amides is 1. The number of benzene rings is 1. The van der Waals surface area contributed by atoms with Crippen LogP contribution in [0.4, 0.5) is 0 Å². The van der Waals surface area contributed by atoms with E-state index in [1.54, 1.807) is 14.1 Å². The Balaban J connectivity index is 1.58. The van der Waals surface area contributed by atoms with Crippen LogP contribution in [0.15, 0.2) is 12.1 Å². The quantitative estimate of drug-likeness (QED) is 0.507. The molecule has 0 bridgehead atoms. The van der Waals surface area contributed by atoms with E-state index in [0.29, 0.717) is 12.3 Å². The van der Waals surface area contributed by atoms with Crippen LogP contribution in [-0.4, -0.2) is 69.9 Å². The number of carbonyl (C=O) groups excluding carboxylic acids is 5. The topological polar surface area (TPSA) is 155 Å². The molecule has 4 aliphatic carbocycles. The highest BCUT2D eigenvalue weighted by Crippen LogP contribution is 2.51. The number of nitrogens with zero attached hydrogens (tertiary/aromatic N) is 1. The Kier molecular flexibility index (Phi) is 6.35. The van der Waals surface area contributed by atoms with Gasteiger partial charge in [-0.25, -0.2) is 0 Å². The van der Waals surface area contributed by atoms with Crippen LogP contribution in [0.3, 0.4) is 0 Å². The highest BCUT2D eigenvalue weighted by atomic mass is 16.3. The SMILES string of the molecule is CN(C)[C@@H]1C(=O)C(C(N)=O)C(=O)[C@@]2(O)C(=O)C3C(=O)c4c(O)ccc(CC5CCCCC5)c4C[C@H]3C[C@@H]12. The fourth-order valence-corrected chi connectivity index (χ4v) is 7.56. The maximum Gasteiger partial charge on any atom is 0.235 e. The molecule has 6 atom stereocenters. The minimum absolute atomic E-state index is 0.0718. The third-order valence-corrected chi connectivity index (χ3v) is 9.28. The Morgan fingerprint density at radius 2 is 1.76 bits per heavy atom. The van der Waals surface area contributed by atoms with Crippen LogP contribution < -0.4 is 5.73 Å².